The lowest BCUT2D eigenvalue weighted by molar-refractivity contribution is 0.0437. The molecule has 1 N–H and O–H groups in total. The molecule has 0 radical (unpaired) electrons. The van der Waals surface area contributed by atoms with Gasteiger partial charge in [0, 0.05) is 23.1 Å². The van der Waals surface area contributed by atoms with Gasteiger partial charge in [-0.15, -0.1) is 0 Å². The fourth-order valence-electron chi connectivity index (χ4n) is 1.95. The first kappa shape index (κ1) is 13.0. The number of carbonyl (C=O) groups excluding carboxylic acids is 1. The Bertz CT molecular complexity index is 844. The van der Waals surface area contributed by atoms with Crippen molar-refractivity contribution in [3.8, 4) is 5.75 Å². The molecule has 0 fully saturated rings. The van der Waals surface area contributed by atoms with Crippen LogP contribution in [0.2, 0.25) is 0 Å². The Morgan fingerprint density at radius 2 is 2.10 bits per heavy atom. The first-order chi connectivity index (χ1) is 10.1. The average molecular weight is 286 g/mol. The van der Waals surface area contributed by atoms with Crippen LogP contribution in [0.15, 0.2) is 56.3 Å². The van der Waals surface area contributed by atoms with Crippen LogP contribution in [0.1, 0.15) is 16.1 Å². The van der Waals surface area contributed by atoms with E-state index in [1.54, 1.807) is 12.1 Å². The van der Waals surface area contributed by atoms with E-state index in [4.69, 9.17) is 13.6 Å². The standard InChI is InChI=1S/C15H10O6/c16-10-3-4-11-9(6-14(17)21-13(11)7-10)8-20-15(18)12-2-1-5-19-12/h1-7,16H,8H2. The Morgan fingerprint density at radius 1 is 1.24 bits per heavy atom. The molecule has 0 aliphatic carbocycles. The van der Waals surface area contributed by atoms with Crippen LogP contribution in [0.4, 0.5) is 0 Å². The maximum absolute atomic E-state index is 11.7. The van der Waals surface area contributed by atoms with Crippen LogP contribution in [0.25, 0.3) is 11.0 Å². The average Bonchev–Trinajstić information content (AvgIpc) is 2.97. The molecular formula is C15H10O6. The Labute approximate surface area is 118 Å². The SMILES string of the molecule is O=C(OCc1cc(=O)oc2cc(O)ccc12)c1ccco1. The molecule has 2 heterocycles. The summed E-state index contributed by atoms with van der Waals surface area (Å²) in [6.45, 7) is -0.105. The third-order valence-corrected chi connectivity index (χ3v) is 2.89. The molecule has 6 nitrogen and oxygen atoms in total. The van der Waals surface area contributed by atoms with Gasteiger partial charge in [0.05, 0.1) is 6.26 Å². The molecule has 1 aromatic carbocycles. The molecule has 0 amide bonds. The van der Waals surface area contributed by atoms with Gasteiger partial charge in [-0.3, -0.25) is 0 Å². The minimum absolute atomic E-state index is 0.0182. The summed E-state index contributed by atoms with van der Waals surface area (Å²) in [5, 5.41) is 9.98. The highest BCUT2D eigenvalue weighted by atomic mass is 16.5. The van der Waals surface area contributed by atoms with Gasteiger partial charge in [0.15, 0.2) is 0 Å². The van der Waals surface area contributed by atoms with E-state index in [0.717, 1.165) is 0 Å². The van der Waals surface area contributed by atoms with E-state index in [2.05, 4.69) is 0 Å². The second kappa shape index (κ2) is 5.16. The molecule has 0 atom stereocenters. The van der Waals surface area contributed by atoms with Gasteiger partial charge in [-0.1, -0.05) is 0 Å². The lowest BCUT2D eigenvalue weighted by atomic mass is 10.1. The van der Waals surface area contributed by atoms with Gasteiger partial charge in [-0.25, -0.2) is 9.59 Å². The van der Waals surface area contributed by atoms with Gasteiger partial charge < -0.3 is 18.7 Å². The Kier molecular flexibility index (Phi) is 3.19. The van der Waals surface area contributed by atoms with E-state index >= 15 is 0 Å². The predicted octanol–water partition coefficient (Wildman–Crippen LogP) is 2.45. The van der Waals surface area contributed by atoms with Crippen molar-refractivity contribution in [2.24, 2.45) is 0 Å². The van der Waals surface area contributed by atoms with Crippen LogP contribution in [0.3, 0.4) is 0 Å². The molecule has 0 bridgehead atoms. The van der Waals surface area contributed by atoms with Crippen LogP contribution < -0.4 is 5.63 Å². The molecular weight excluding hydrogens is 276 g/mol. The predicted molar refractivity (Wildman–Crippen MR) is 72.0 cm³/mol. The largest absolute Gasteiger partial charge is 0.508 e. The summed E-state index contributed by atoms with van der Waals surface area (Å²) < 4.78 is 15.0. The summed E-state index contributed by atoms with van der Waals surface area (Å²) in [5.41, 5.74) is 0.129. The molecule has 0 aliphatic heterocycles. The molecule has 3 aromatic rings. The van der Waals surface area contributed by atoms with Crippen molar-refractivity contribution in [1.29, 1.82) is 0 Å². The van der Waals surface area contributed by atoms with Crippen LogP contribution in [0, 0.1) is 0 Å². The lowest BCUT2D eigenvalue weighted by Gasteiger charge is -2.06. The number of phenolic OH excluding ortho intramolecular Hbond substituents is 1. The second-order valence-electron chi connectivity index (χ2n) is 4.32. The van der Waals surface area contributed by atoms with Crippen molar-refractivity contribution < 1.29 is 23.5 Å². The molecule has 2 aromatic heterocycles. The van der Waals surface area contributed by atoms with E-state index in [9.17, 15) is 14.7 Å². The van der Waals surface area contributed by atoms with E-state index in [1.807, 2.05) is 0 Å². The van der Waals surface area contributed by atoms with Crippen LogP contribution in [-0.4, -0.2) is 11.1 Å². The maximum Gasteiger partial charge on any atom is 0.374 e. The summed E-state index contributed by atoms with van der Waals surface area (Å²) >= 11 is 0. The molecule has 0 aliphatic rings. The molecule has 3 rings (SSSR count). The molecule has 0 saturated heterocycles. The first-order valence-electron chi connectivity index (χ1n) is 6.10. The van der Waals surface area contributed by atoms with Crippen LogP contribution in [-0.2, 0) is 11.3 Å². The monoisotopic (exact) mass is 286 g/mol. The van der Waals surface area contributed by atoms with E-state index in [-0.39, 0.29) is 23.7 Å². The Hall–Kier alpha value is -3.02. The summed E-state index contributed by atoms with van der Waals surface area (Å²) in [6.07, 6.45) is 1.37. The Balaban J connectivity index is 1.90. The minimum atomic E-state index is -0.625. The highest BCUT2D eigenvalue weighted by molar-refractivity contribution is 5.86. The van der Waals surface area contributed by atoms with E-state index < -0.39 is 11.6 Å². The number of ether oxygens (including phenoxy) is 1. The number of hydrogen-bond donors (Lipinski definition) is 1. The molecule has 6 heteroatoms. The number of aromatic hydroxyl groups is 1. The van der Waals surface area contributed by atoms with Crippen molar-refractivity contribution >= 4 is 16.9 Å². The summed E-state index contributed by atoms with van der Waals surface area (Å²) in [6, 6.07) is 8.68. The number of phenols is 1. The molecule has 0 saturated carbocycles. The smallest absolute Gasteiger partial charge is 0.374 e. The zero-order chi connectivity index (χ0) is 14.8. The zero-order valence-corrected chi connectivity index (χ0v) is 10.7. The fraction of sp³-hybridized carbons (Fsp3) is 0.0667. The Morgan fingerprint density at radius 3 is 2.86 bits per heavy atom. The number of hydrogen-bond acceptors (Lipinski definition) is 6. The minimum Gasteiger partial charge on any atom is -0.508 e. The van der Waals surface area contributed by atoms with Gasteiger partial charge in [0.2, 0.25) is 5.76 Å². The van der Waals surface area contributed by atoms with Gasteiger partial charge in [-0.05, 0) is 24.3 Å². The van der Waals surface area contributed by atoms with E-state index in [0.29, 0.717) is 10.9 Å². The molecule has 106 valence electrons. The van der Waals surface area contributed by atoms with Gasteiger partial charge in [0.25, 0.3) is 0 Å². The number of rotatable bonds is 3. The molecule has 0 spiro atoms. The van der Waals surface area contributed by atoms with Crippen LogP contribution in [0.5, 0.6) is 5.75 Å². The number of carbonyl (C=O) groups is 1. The number of esters is 1. The molecule has 21 heavy (non-hydrogen) atoms. The van der Waals surface area contributed by atoms with Gasteiger partial charge >= 0.3 is 11.6 Å². The highest BCUT2D eigenvalue weighted by Gasteiger charge is 2.12. The summed E-state index contributed by atoms with van der Waals surface area (Å²) in [4.78, 5) is 23.2. The maximum atomic E-state index is 11.7. The topological polar surface area (TPSA) is 89.9 Å². The number of furan rings is 1. The van der Waals surface area contributed by atoms with Crippen molar-refractivity contribution in [2.75, 3.05) is 0 Å². The normalized spacial score (nSPS) is 10.7. The van der Waals surface area contributed by atoms with Crippen molar-refractivity contribution in [1.82, 2.24) is 0 Å². The number of fused-ring (bicyclic) bond motifs is 1. The van der Waals surface area contributed by atoms with Gasteiger partial charge in [-0.2, -0.15) is 0 Å². The third-order valence-electron chi connectivity index (χ3n) is 2.89. The lowest BCUT2D eigenvalue weighted by Crippen LogP contribution is -2.07. The van der Waals surface area contributed by atoms with Crippen molar-refractivity contribution in [3.05, 3.63) is 64.4 Å². The number of benzene rings is 1. The first-order valence-corrected chi connectivity index (χ1v) is 6.10. The summed E-state index contributed by atoms with van der Waals surface area (Å²) in [7, 11) is 0. The van der Waals surface area contributed by atoms with Crippen molar-refractivity contribution in [2.45, 2.75) is 6.61 Å². The fourth-order valence-corrected chi connectivity index (χ4v) is 1.95. The van der Waals surface area contributed by atoms with E-state index in [1.165, 1.54) is 30.5 Å². The zero-order valence-electron chi connectivity index (χ0n) is 10.7. The highest BCUT2D eigenvalue weighted by Crippen LogP contribution is 2.22. The quantitative estimate of drug-likeness (QED) is 0.587. The third kappa shape index (κ3) is 2.64. The van der Waals surface area contributed by atoms with Gasteiger partial charge in [0.1, 0.15) is 17.9 Å². The van der Waals surface area contributed by atoms with Crippen molar-refractivity contribution in [3.63, 3.8) is 0 Å². The van der Waals surface area contributed by atoms with Crippen LogP contribution >= 0.6 is 0 Å². The summed E-state index contributed by atoms with van der Waals surface area (Å²) in [5.74, 6) is -0.560. The molecule has 0 unspecified atom stereocenters. The second-order valence-corrected chi connectivity index (χ2v) is 4.32.